The van der Waals surface area contributed by atoms with E-state index in [1.807, 2.05) is 30.3 Å². The molecule has 2 unspecified atom stereocenters. The molecule has 2 rings (SSSR count). The van der Waals surface area contributed by atoms with Crippen LogP contribution in [-0.2, 0) is 0 Å². The highest BCUT2D eigenvalue weighted by Gasteiger charge is 2.17. The Balaban J connectivity index is 0.00000364. The molecule has 1 heterocycles. The van der Waals surface area contributed by atoms with Gasteiger partial charge in [-0.05, 0) is 51.6 Å². The Labute approximate surface area is 182 Å². The normalized spacial score (nSPS) is 19.2. The summed E-state index contributed by atoms with van der Waals surface area (Å²) >= 11 is 0. The number of nitrogens with one attached hydrogen (secondary N) is 2. The number of rotatable bonds is 9. The minimum absolute atomic E-state index is 0. The fraction of sp³-hybridized carbons (Fsp3) is 0.667. The van der Waals surface area contributed by atoms with Gasteiger partial charge in [0.25, 0.3) is 0 Å². The Morgan fingerprint density at radius 1 is 1.26 bits per heavy atom. The van der Waals surface area contributed by atoms with Gasteiger partial charge in [0.1, 0.15) is 0 Å². The lowest BCUT2D eigenvalue weighted by molar-refractivity contribution is 0.160. The lowest BCUT2D eigenvalue weighted by atomic mass is 10.0. The number of aliphatic hydroxyl groups is 1. The first-order valence-corrected chi connectivity index (χ1v) is 10.2. The lowest BCUT2D eigenvalue weighted by Crippen LogP contribution is -2.39. The molecule has 2 atom stereocenters. The molecule has 0 saturated carbocycles. The van der Waals surface area contributed by atoms with Crippen molar-refractivity contribution in [3.05, 3.63) is 35.9 Å². The van der Waals surface area contributed by atoms with Gasteiger partial charge in [0.15, 0.2) is 5.96 Å². The monoisotopic (exact) mass is 488 g/mol. The Hall–Kier alpha value is -0.860. The highest BCUT2D eigenvalue weighted by atomic mass is 127. The number of benzene rings is 1. The average Bonchev–Trinajstić information content (AvgIpc) is 2.67. The van der Waals surface area contributed by atoms with Crippen LogP contribution in [0.4, 0.5) is 0 Å². The van der Waals surface area contributed by atoms with Crippen LogP contribution in [0.1, 0.15) is 57.6 Å². The van der Waals surface area contributed by atoms with E-state index in [0.717, 1.165) is 43.6 Å². The van der Waals surface area contributed by atoms with E-state index in [2.05, 4.69) is 34.4 Å². The van der Waals surface area contributed by atoms with Crippen molar-refractivity contribution in [2.45, 2.75) is 58.1 Å². The number of hydrogen-bond acceptors (Lipinski definition) is 3. The molecule has 27 heavy (non-hydrogen) atoms. The first-order valence-electron chi connectivity index (χ1n) is 10.2. The zero-order chi connectivity index (χ0) is 18.6. The quantitative estimate of drug-likeness (QED) is 0.215. The fourth-order valence-corrected chi connectivity index (χ4v) is 3.47. The number of piperidine rings is 1. The third-order valence-corrected chi connectivity index (χ3v) is 5.05. The highest BCUT2D eigenvalue weighted by molar-refractivity contribution is 14.0. The molecule has 0 spiro atoms. The first-order chi connectivity index (χ1) is 12.7. The van der Waals surface area contributed by atoms with Gasteiger partial charge < -0.3 is 20.6 Å². The summed E-state index contributed by atoms with van der Waals surface area (Å²) in [6.07, 6.45) is 5.36. The molecule has 0 radical (unpaired) electrons. The van der Waals surface area contributed by atoms with Crippen molar-refractivity contribution in [2.24, 2.45) is 4.99 Å². The Morgan fingerprint density at radius 3 is 2.74 bits per heavy atom. The van der Waals surface area contributed by atoms with Crippen LogP contribution in [0.3, 0.4) is 0 Å². The van der Waals surface area contributed by atoms with E-state index in [4.69, 9.17) is 0 Å². The summed E-state index contributed by atoms with van der Waals surface area (Å²) in [7, 11) is 0. The van der Waals surface area contributed by atoms with E-state index < -0.39 is 6.10 Å². The van der Waals surface area contributed by atoms with Crippen LogP contribution < -0.4 is 10.6 Å². The van der Waals surface area contributed by atoms with Crippen molar-refractivity contribution in [3.63, 3.8) is 0 Å². The molecule has 1 aliphatic rings. The van der Waals surface area contributed by atoms with Gasteiger partial charge in [-0.1, -0.05) is 36.8 Å². The zero-order valence-corrected chi connectivity index (χ0v) is 19.2. The fourth-order valence-electron chi connectivity index (χ4n) is 3.47. The van der Waals surface area contributed by atoms with Crippen molar-refractivity contribution in [1.82, 2.24) is 15.5 Å². The summed E-state index contributed by atoms with van der Waals surface area (Å²) in [5, 5.41) is 16.9. The molecule has 1 aliphatic heterocycles. The van der Waals surface area contributed by atoms with Crippen LogP contribution in [0.25, 0.3) is 0 Å². The van der Waals surface area contributed by atoms with Gasteiger partial charge in [0, 0.05) is 32.2 Å². The van der Waals surface area contributed by atoms with Crippen molar-refractivity contribution in [1.29, 1.82) is 0 Å². The number of aliphatic imine (C=N–C) groups is 1. The van der Waals surface area contributed by atoms with Gasteiger partial charge >= 0.3 is 0 Å². The predicted octanol–water partition coefficient (Wildman–Crippen LogP) is 3.55. The third-order valence-electron chi connectivity index (χ3n) is 5.05. The van der Waals surface area contributed by atoms with Gasteiger partial charge in [0.05, 0.1) is 6.10 Å². The maximum absolute atomic E-state index is 10.2. The van der Waals surface area contributed by atoms with E-state index in [9.17, 15) is 5.11 Å². The summed E-state index contributed by atoms with van der Waals surface area (Å²) in [5.41, 5.74) is 0.965. The summed E-state index contributed by atoms with van der Waals surface area (Å²) in [4.78, 5) is 7.27. The second-order valence-corrected chi connectivity index (χ2v) is 7.14. The molecular weight excluding hydrogens is 451 g/mol. The number of aliphatic hydroxyl groups excluding tert-OH is 1. The van der Waals surface area contributed by atoms with Crippen LogP contribution >= 0.6 is 24.0 Å². The van der Waals surface area contributed by atoms with E-state index >= 15 is 0 Å². The summed E-state index contributed by atoms with van der Waals surface area (Å²) in [6, 6.07) is 10.5. The molecular formula is C21H37IN4O. The van der Waals surface area contributed by atoms with E-state index in [1.165, 1.54) is 25.8 Å². The van der Waals surface area contributed by atoms with Gasteiger partial charge in [0.2, 0.25) is 0 Å². The molecule has 154 valence electrons. The molecule has 1 fully saturated rings. The smallest absolute Gasteiger partial charge is 0.191 e. The topological polar surface area (TPSA) is 59.9 Å². The molecule has 3 N–H and O–H groups in total. The molecule has 1 saturated heterocycles. The highest BCUT2D eigenvalue weighted by Crippen LogP contribution is 2.16. The third kappa shape index (κ3) is 9.25. The van der Waals surface area contributed by atoms with E-state index in [-0.39, 0.29) is 24.0 Å². The number of hydrogen-bond donors (Lipinski definition) is 3. The number of likely N-dealkylation sites (tertiary alicyclic amines) is 1. The molecule has 6 heteroatoms. The van der Waals surface area contributed by atoms with Crippen LogP contribution in [0, 0.1) is 0 Å². The average molecular weight is 488 g/mol. The Morgan fingerprint density at radius 2 is 2.04 bits per heavy atom. The Bertz CT molecular complexity index is 526. The SMILES string of the molecule is CCNC(=NCCCN1CCCCC1C)NCCC(O)c1ccccc1.I. The minimum atomic E-state index is -0.438. The molecule has 1 aromatic carbocycles. The first kappa shape index (κ1) is 24.2. The largest absolute Gasteiger partial charge is 0.388 e. The van der Waals surface area contributed by atoms with Gasteiger partial charge in [-0.2, -0.15) is 0 Å². The second kappa shape index (κ2) is 14.2. The van der Waals surface area contributed by atoms with E-state index in [1.54, 1.807) is 0 Å². The number of nitrogens with zero attached hydrogens (tertiary/aromatic N) is 2. The van der Waals surface area contributed by atoms with Crippen molar-refractivity contribution in [3.8, 4) is 0 Å². The van der Waals surface area contributed by atoms with E-state index in [0.29, 0.717) is 13.0 Å². The van der Waals surface area contributed by atoms with Crippen LogP contribution in [-0.4, -0.2) is 54.7 Å². The van der Waals surface area contributed by atoms with Gasteiger partial charge in [-0.15, -0.1) is 24.0 Å². The molecule has 5 nitrogen and oxygen atoms in total. The second-order valence-electron chi connectivity index (χ2n) is 7.14. The molecule has 0 aliphatic carbocycles. The molecule has 0 amide bonds. The number of halogens is 1. The lowest BCUT2D eigenvalue weighted by Gasteiger charge is -2.33. The van der Waals surface area contributed by atoms with Gasteiger partial charge in [-0.25, -0.2) is 0 Å². The standard InChI is InChI=1S/C21H36N4O.HI/c1-3-22-21(23-14-9-17-25-16-8-7-10-18(25)2)24-15-13-20(26)19-11-5-4-6-12-19;/h4-6,11-12,18,20,26H,3,7-10,13-17H2,1-2H3,(H2,22,23,24);1H. The zero-order valence-electron chi connectivity index (χ0n) is 16.9. The van der Waals surface area contributed by atoms with Crippen molar-refractivity contribution < 1.29 is 5.11 Å². The predicted molar refractivity (Wildman–Crippen MR) is 125 cm³/mol. The van der Waals surface area contributed by atoms with Crippen LogP contribution in [0.2, 0.25) is 0 Å². The number of guanidine groups is 1. The van der Waals surface area contributed by atoms with Gasteiger partial charge in [-0.3, -0.25) is 4.99 Å². The Kier molecular flexibility index (Phi) is 12.7. The molecule has 0 aromatic heterocycles. The minimum Gasteiger partial charge on any atom is -0.388 e. The maximum Gasteiger partial charge on any atom is 0.191 e. The molecule has 1 aromatic rings. The summed E-state index contributed by atoms with van der Waals surface area (Å²) in [5.74, 6) is 0.847. The summed E-state index contributed by atoms with van der Waals surface area (Å²) in [6.45, 7) is 9.16. The van der Waals surface area contributed by atoms with Crippen molar-refractivity contribution in [2.75, 3.05) is 32.7 Å². The van der Waals surface area contributed by atoms with Crippen LogP contribution in [0.15, 0.2) is 35.3 Å². The van der Waals surface area contributed by atoms with Crippen molar-refractivity contribution >= 4 is 29.9 Å². The molecule has 0 bridgehead atoms. The summed E-state index contributed by atoms with van der Waals surface area (Å²) < 4.78 is 0. The van der Waals surface area contributed by atoms with Crippen LogP contribution in [0.5, 0.6) is 0 Å². The maximum atomic E-state index is 10.2.